The number of thiophene rings is 1. The molecule has 0 aliphatic heterocycles. The zero-order valence-electron chi connectivity index (χ0n) is 18.0. The van der Waals surface area contributed by atoms with Gasteiger partial charge in [0.25, 0.3) is 0 Å². The lowest BCUT2D eigenvalue weighted by Gasteiger charge is -2.17. The van der Waals surface area contributed by atoms with Crippen molar-refractivity contribution in [1.29, 1.82) is 5.26 Å². The number of hydrogen-bond acceptors (Lipinski definition) is 5. The summed E-state index contributed by atoms with van der Waals surface area (Å²) >= 11 is 2.93. The van der Waals surface area contributed by atoms with Gasteiger partial charge in [-0.1, -0.05) is 52.0 Å². The van der Waals surface area contributed by atoms with Gasteiger partial charge in [0, 0.05) is 22.8 Å². The van der Waals surface area contributed by atoms with E-state index in [1.165, 1.54) is 28.2 Å². The maximum absolute atomic E-state index is 12.8. The maximum atomic E-state index is 12.8. The van der Waals surface area contributed by atoms with E-state index >= 15 is 0 Å². The van der Waals surface area contributed by atoms with Gasteiger partial charge in [0.1, 0.15) is 11.1 Å². The number of rotatable bonds is 5. The Labute approximate surface area is 190 Å². The van der Waals surface area contributed by atoms with E-state index in [4.69, 9.17) is 4.98 Å². The summed E-state index contributed by atoms with van der Waals surface area (Å²) in [5.74, 6) is -0.138. The van der Waals surface area contributed by atoms with E-state index in [9.17, 15) is 10.1 Å². The lowest BCUT2D eigenvalue weighted by atomic mass is 9.86. The van der Waals surface area contributed by atoms with Crippen molar-refractivity contribution >= 4 is 38.5 Å². The van der Waals surface area contributed by atoms with E-state index in [1.807, 2.05) is 21.4 Å². The smallest absolute Gasteiger partial charge is 0.230 e. The molecule has 158 valence electrons. The molecule has 0 aliphatic rings. The van der Waals surface area contributed by atoms with Crippen molar-refractivity contribution in [3.05, 3.63) is 63.6 Å². The maximum Gasteiger partial charge on any atom is 0.230 e. The Morgan fingerprint density at radius 1 is 1.19 bits per heavy atom. The highest BCUT2D eigenvalue weighted by molar-refractivity contribution is 7.15. The Morgan fingerprint density at radius 3 is 2.58 bits per heavy atom. The number of fused-ring (bicyclic) bond motifs is 1. The van der Waals surface area contributed by atoms with E-state index in [-0.39, 0.29) is 17.7 Å². The van der Waals surface area contributed by atoms with Crippen LogP contribution in [0.25, 0.3) is 16.2 Å². The second kappa shape index (κ2) is 8.29. The lowest BCUT2D eigenvalue weighted by molar-refractivity contribution is -0.115. The summed E-state index contributed by atoms with van der Waals surface area (Å²) in [6.45, 7) is 8.33. The summed E-state index contributed by atoms with van der Waals surface area (Å²) in [5, 5.41) is 17.1. The fraction of sp³-hybridized carbons (Fsp3) is 0.292. The van der Waals surface area contributed by atoms with Crippen LogP contribution in [0.15, 0.2) is 41.2 Å². The lowest BCUT2D eigenvalue weighted by Crippen LogP contribution is -2.16. The van der Waals surface area contributed by atoms with Gasteiger partial charge in [-0.15, -0.1) is 22.7 Å². The van der Waals surface area contributed by atoms with Crippen LogP contribution in [0.5, 0.6) is 0 Å². The van der Waals surface area contributed by atoms with Gasteiger partial charge in [-0.2, -0.15) is 5.26 Å². The quantitative estimate of drug-likeness (QED) is 0.405. The van der Waals surface area contributed by atoms with Crippen molar-refractivity contribution in [2.75, 3.05) is 5.32 Å². The average molecular weight is 449 g/mol. The second-order valence-corrected chi connectivity index (χ2v) is 10.2. The number of hydrogen-bond donors (Lipinski definition) is 1. The van der Waals surface area contributed by atoms with Gasteiger partial charge in [0.15, 0.2) is 4.96 Å². The Bertz CT molecular complexity index is 1280. The molecule has 0 saturated carbocycles. The molecule has 0 fully saturated rings. The highest BCUT2D eigenvalue weighted by atomic mass is 32.1. The summed E-state index contributed by atoms with van der Waals surface area (Å²) in [6, 6.07) is 10.7. The van der Waals surface area contributed by atoms with Crippen molar-refractivity contribution < 1.29 is 4.79 Å². The van der Waals surface area contributed by atoms with Crippen molar-refractivity contribution in [3.63, 3.8) is 0 Å². The van der Waals surface area contributed by atoms with Gasteiger partial charge < -0.3 is 5.32 Å². The molecule has 4 aromatic rings. The second-order valence-electron chi connectivity index (χ2n) is 8.50. The first-order valence-corrected chi connectivity index (χ1v) is 11.9. The van der Waals surface area contributed by atoms with Gasteiger partial charge >= 0.3 is 0 Å². The van der Waals surface area contributed by atoms with Crippen LogP contribution in [0.2, 0.25) is 0 Å². The normalized spacial score (nSPS) is 11.6. The number of nitrogens with zero attached hydrogens (tertiary/aromatic N) is 3. The van der Waals surface area contributed by atoms with Gasteiger partial charge in [0.05, 0.1) is 17.7 Å². The van der Waals surface area contributed by atoms with Gasteiger partial charge in [0.2, 0.25) is 5.91 Å². The molecule has 0 aliphatic carbocycles. The topological polar surface area (TPSA) is 70.2 Å². The number of carbonyl (C=O) groups excluding carboxylic acids is 1. The van der Waals surface area contributed by atoms with Crippen LogP contribution < -0.4 is 5.32 Å². The van der Waals surface area contributed by atoms with Crippen LogP contribution in [0, 0.1) is 11.3 Å². The number of aromatic nitrogens is 2. The largest absolute Gasteiger partial charge is 0.316 e. The molecule has 7 heteroatoms. The summed E-state index contributed by atoms with van der Waals surface area (Å²) < 4.78 is 1.98. The number of nitriles is 1. The highest BCUT2D eigenvalue weighted by Crippen LogP contribution is 2.35. The molecule has 0 radical (unpaired) electrons. The summed E-state index contributed by atoms with van der Waals surface area (Å²) in [7, 11) is 0. The van der Waals surface area contributed by atoms with Gasteiger partial charge in [-0.05, 0) is 28.3 Å². The molecule has 0 unspecified atom stereocenters. The first-order valence-electron chi connectivity index (χ1n) is 10.2. The van der Waals surface area contributed by atoms with Crippen LogP contribution in [0.3, 0.4) is 0 Å². The number of imidazole rings is 1. The molecule has 4 rings (SSSR count). The first kappa shape index (κ1) is 21.3. The molecule has 0 saturated heterocycles. The summed E-state index contributed by atoms with van der Waals surface area (Å²) in [6.07, 6.45) is 3.21. The van der Waals surface area contributed by atoms with E-state index in [1.54, 1.807) is 0 Å². The monoisotopic (exact) mass is 448 g/mol. The minimum Gasteiger partial charge on any atom is -0.316 e. The molecule has 0 atom stereocenters. The van der Waals surface area contributed by atoms with Gasteiger partial charge in [-0.25, -0.2) is 4.98 Å². The third kappa shape index (κ3) is 4.27. The molecular weight excluding hydrogens is 424 g/mol. The fourth-order valence-electron chi connectivity index (χ4n) is 3.45. The number of anilines is 1. The third-order valence-electron chi connectivity index (χ3n) is 5.25. The number of amides is 1. The Morgan fingerprint density at radius 2 is 1.94 bits per heavy atom. The number of carbonyl (C=O) groups is 1. The molecule has 1 amide bonds. The molecule has 3 heterocycles. The fourth-order valence-corrected chi connectivity index (χ4v) is 5.48. The zero-order chi connectivity index (χ0) is 22.2. The van der Waals surface area contributed by atoms with Crippen LogP contribution >= 0.6 is 22.7 Å². The number of benzene rings is 1. The molecule has 0 spiro atoms. The predicted octanol–water partition coefficient (Wildman–Crippen LogP) is 6.04. The van der Waals surface area contributed by atoms with E-state index in [0.29, 0.717) is 10.6 Å². The minimum absolute atomic E-state index is 0.138. The molecule has 5 nitrogen and oxygen atoms in total. The molecule has 31 heavy (non-hydrogen) atoms. The summed E-state index contributed by atoms with van der Waals surface area (Å²) in [5.41, 5.74) is 5.51. The Kier molecular flexibility index (Phi) is 5.69. The van der Waals surface area contributed by atoms with Crippen LogP contribution in [-0.2, 0) is 23.1 Å². The van der Waals surface area contributed by atoms with Crippen molar-refractivity contribution in [2.24, 2.45) is 0 Å². The standard InChI is InChI=1S/C24H24N4OS2/c1-5-15-6-8-16(9-7-15)20-12-28-17(13-31-23(28)26-20)10-21(29)27-22-18(11-25)19(14-30-22)24(2,3)4/h6-9,12-14H,5,10H2,1-4H3,(H,27,29). The predicted molar refractivity (Wildman–Crippen MR) is 128 cm³/mol. The van der Waals surface area contributed by atoms with E-state index in [0.717, 1.165) is 33.9 Å². The highest BCUT2D eigenvalue weighted by Gasteiger charge is 2.23. The summed E-state index contributed by atoms with van der Waals surface area (Å²) in [4.78, 5) is 18.3. The third-order valence-corrected chi connectivity index (χ3v) is 7.03. The van der Waals surface area contributed by atoms with Crippen molar-refractivity contribution in [3.8, 4) is 17.3 Å². The number of thiazole rings is 1. The van der Waals surface area contributed by atoms with Crippen molar-refractivity contribution in [2.45, 2.75) is 46.0 Å². The number of nitrogens with one attached hydrogen (secondary N) is 1. The van der Waals surface area contributed by atoms with E-state index in [2.05, 4.69) is 63.3 Å². The van der Waals surface area contributed by atoms with Gasteiger partial charge in [-0.3, -0.25) is 9.20 Å². The van der Waals surface area contributed by atoms with Crippen LogP contribution in [-0.4, -0.2) is 15.3 Å². The van der Waals surface area contributed by atoms with E-state index < -0.39 is 0 Å². The molecule has 1 N–H and O–H groups in total. The average Bonchev–Trinajstić information content (AvgIpc) is 3.43. The van der Waals surface area contributed by atoms with Crippen LogP contribution in [0.4, 0.5) is 5.00 Å². The zero-order valence-corrected chi connectivity index (χ0v) is 19.7. The Hall–Kier alpha value is -2.95. The first-order chi connectivity index (χ1) is 14.8. The van der Waals surface area contributed by atoms with Crippen LogP contribution in [0.1, 0.15) is 50.1 Å². The molecule has 3 aromatic heterocycles. The van der Waals surface area contributed by atoms with Crippen molar-refractivity contribution in [1.82, 2.24) is 9.38 Å². The Balaban J connectivity index is 1.54. The minimum atomic E-state index is -0.146. The number of aryl methyl sites for hydroxylation is 1. The molecule has 0 bridgehead atoms. The molecule has 1 aromatic carbocycles. The SMILES string of the molecule is CCc1ccc(-c2cn3c(CC(=O)Nc4scc(C(C)(C)C)c4C#N)csc3n2)cc1. The molecular formula is C24H24N4OS2.